The number of alkyl halides is 3. The summed E-state index contributed by atoms with van der Waals surface area (Å²) in [7, 11) is 0. The molecule has 0 aromatic heterocycles. The molecular formula is C21H22F3NO3S. The zero-order valence-corrected chi connectivity index (χ0v) is 16.7. The van der Waals surface area contributed by atoms with Crippen LogP contribution in [-0.4, -0.2) is 37.3 Å². The van der Waals surface area contributed by atoms with Gasteiger partial charge in [-0.2, -0.15) is 13.2 Å². The van der Waals surface area contributed by atoms with Crippen LogP contribution in [0.15, 0.2) is 59.5 Å². The summed E-state index contributed by atoms with van der Waals surface area (Å²) in [6.45, 7) is 2.78. The zero-order valence-electron chi connectivity index (χ0n) is 15.9. The molecule has 1 fully saturated rings. The average Bonchev–Trinajstić information content (AvgIpc) is 2.69. The van der Waals surface area contributed by atoms with E-state index in [4.69, 9.17) is 9.47 Å². The largest absolute Gasteiger partial charge is 0.451 e. The minimum absolute atomic E-state index is 0.0577. The third kappa shape index (κ3) is 5.52. The SMILES string of the molecule is CC(=O)O[C@@](Cc1ccccc1SC(F)(F)F)(c1ccccc1)[C@H]1CNCCO1. The van der Waals surface area contributed by atoms with Gasteiger partial charge in [-0.05, 0) is 29.0 Å². The fourth-order valence-electron chi connectivity index (χ4n) is 3.56. The van der Waals surface area contributed by atoms with Crippen LogP contribution in [0, 0.1) is 0 Å². The predicted octanol–water partition coefficient (Wildman–Crippen LogP) is 4.29. The Morgan fingerprint density at radius 3 is 2.48 bits per heavy atom. The van der Waals surface area contributed by atoms with Crippen molar-refractivity contribution >= 4 is 17.7 Å². The van der Waals surface area contributed by atoms with Gasteiger partial charge >= 0.3 is 11.5 Å². The Morgan fingerprint density at radius 2 is 1.86 bits per heavy atom. The molecule has 1 aliphatic heterocycles. The van der Waals surface area contributed by atoms with Gasteiger partial charge in [0.05, 0.1) is 6.61 Å². The van der Waals surface area contributed by atoms with Gasteiger partial charge in [0.25, 0.3) is 0 Å². The molecule has 0 unspecified atom stereocenters. The predicted molar refractivity (Wildman–Crippen MR) is 105 cm³/mol. The first-order valence-electron chi connectivity index (χ1n) is 9.21. The summed E-state index contributed by atoms with van der Waals surface area (Å²) in [6, 6.07) is 15.4. The highest BCUT2D eigenvalue weighted by atomic mass is 32.2. The second-order valence-corrected chi connectivity index (χ2v) is 7.85. The first kappa shape index (κ1) is 21.7. The van der Waals surface area contributed by atoms with Crippen LogP contribution in [-0.2, 0) is 26.3 Å². The van der Waals surface area contributed by atoms with Crippen molar-refractivity contribution in [2.75, 3.05) is 19.7 Å². The molecule has 3 rings (SSSR count). The van der Waals surface area contributed by atoms with Crippen LogP contribution in [0.1, 0.15) is 18.1 Å². The van der Waals surface area contributed by atoms with Gasteiger partial charge in [-0.25, -0.2) is 0 Å². The summed E-state index contributed by atoms with van der Waals surface area (Å²) in [6.07, 6.45) is -0.492. The van der Waals surface area contributed by atoms with Gasteiger partial charge in [-0.1, -0.05) is 48.5 Å². The molecule has 1 saturated heterocycles. The Morgan fingerprint density at radius 1 is 1.17 bits per heavy atom. The zero-order chi connectivity index (χ0) is 20.9. The number of benzene rings is 2. The molecule has 2 atom stereocenters. The highest BCUT2D eigenvalue weighted by molar-refractivity contribution is 8.00. The third-order valence-electron chi connectivity index (χ3n) is 4.69. The standard InChI is InChI=1S/C21H22F3NO3S/c1-15(26)28-20(17-8-3-2-4-9-17,19-14-25-11-12-27-19)13-16-7-5-6-10-18(16)29-21(22,23)24/h2-10,19,25H,11-14H2,1H3/t19-,20+/m1/s1. The van der Waals surface area contributed by atoms with Gasteiger partial charge in [0.15, 0.2) is 5.60 Å². The van der Waals surface area contributed by atoms with Crippen molar-refractivity contribution in [1.82, 2.24) is 5.32 Å². The second kappa shape index (κ2) is 9.19. The molecule has 1 heterocycles. The number of hydrogen-bond donors (Lipinski definition) is 1. The van der Waals surface area contributed by atoms with E-state index >= 15 is 0 Å². The topological polar surface area (TPSA) is 47.6 Å². The highest BCUT2D eigenvalue weighted by Crippen LogP contribution is 2.42. The van der Waals surface area contributed by atoms with E-state index in [1.54, 1.807) is 42.5 Å². The van der Waals surface area contributed by atoms with Crippen molar-refractivity contribution in [2.24, 2.45) is 0 Å². The first-order chi connectivity index (χ1) is 13.8. The Balaban J connectivity index is 2.09. The normalized spacial score (nSPS) is 19.4. The summed E-state index contributed by atoms with van der Waals surface area (Å²) in [5, 5.41) is 3.22. The van der Waals surface area contributed by atoms with Crippen LogP contribution in [0.5, 0.6) is 0 Å². The van der Waals surface area contributed by atoms with Crippen LogP contribution in [0.3, 0.4) is 0 Å². The van der Waals surface area contributed by atoms with Gasteiger partial charge in [0.1, 0.15) is 6.10 Å². The molecule has 0 radical (unpaired) electrons. The van der Waals surface area contributed by atoms with Crippen LogP contribution in [0.4, 0.5) is 13.2 Å². The fourth-order valence-corrected chi connectivity index (χ4v) is 4.23. The van der Waals surface area contributed by atoms with E-state index in [0.717, 1.165) is 0 Å². The molecule has 0 amide bonds. The Bertz CT molecular complexity index is 825. The number of carbonyl (C=O) groups is 1. The van der Waals surface area contributed by atoms with Crippen LogP contribution in [0.2, 0.25) is 0 Å². The number of nitrogens with one attached hydrogen (secondary N) is 1. The number of esters is 1. The molecule has 1 aliphatic rings. The maximum absolute atomic E-state index is 13.1. The van der Waals surface area contributed by atoms with Gasteiger partial charge in [-0.3, -0.25) is 4.79 Å². The van der Waals surface area contributed by atoms with Crippen molar-refractivity contribution < 1.29 is 27.4 Å². The smallest absolute Gasteiger partial charge is 0.446 e. The molecule has 1 N–H and O–H groups in total. The van der Waals surface area contributed by atoms with E-state index in [-0.39, 0.29) is 23.1 Å². The molecule has 156 valence electrons. The van der Waals surface area contributed by atoms with E-state index in [1.165, 1.54) is 13.0 Å². The average molecular weight is 425 g/mol. The van der Waals surface area contributed by atoms with Crippen LogP contribution in [0.25, 0.3) is 0 Å². The molecule has 2 aromatic rings. The summed E-state index contributed by atoms with van der Waals surface area (Å²) < 4.78 is 51.1. The summed E-state index contributed by atoms with van der Waals surface area (Å²) in [5.74, 6) is -0.524. The number of morpholine rings is 1. The lowest BCUT2D eigenvalue weighted by Gasteiger charge is -2.42. The van der Waals surface area contributed by atoms with E-state index in [0.29, 0.717) is 30.8 Å². The second-order valence-electron chi connectivity index (χ2n) is 6.75. The van der Waals surface area contributed by atoms with Crippen molar-refractivity contribution in [3.63, 3.8) is 0 Å². The van der Waals surface area contributed by atoms with E-state index in [9.17, 15) is 18.0 Å². The lowest BCUT2D eigenvalue weighted by atomic mass is 9.81. The lowest BCUT2D eigenvalue weighted by molar-refractivity contribution is -0.183. The number of carbonyl (C=O) groups excluding carboxylic acids is 1. The number of halogens is 3. The van der Waals surface area contributed by atoms with Crippen LogP contribution < -0.4 is 5.32 Å². The monoisotopic (exact) mass is 425 g/mol. The Hall–Kier alpha value is -2.03. The number of ether oxygens (including phenoxy) is 2. The summed E-state index contributed by atoms with van der Waals surface area (Å²) >= 11 is -0.168. The third-order valence-corrected chi connectivity index (χ3v) is 5.54. The van der Waals surface area contributed by atoms with Crippen LogP contribution >= 0.6 is 11.8 Å². The van der Waals surface area contributed by atoms with Crippen molar-refractivity contribution in [3.8, 4) is 0 Å². The molecular weight excluding hydrogens is 403 g/mol. The van der Waals surface area contributed by atoms with Gasteiger partial charge < -0.3 is 14.8 Å². The van der Waals surface area contributed by atoms with Gasteiger partial charge in [0.2, 0.25) is 0 Å². The van der Waals surface area contributed by atoms with Crippen molar-refractivity contribution in [1.29, 1.82) is 0 Å². The van der Waals surface area contributed by atoms with E-state index in [1.807, 2.05) is 6.07 Å². The number of rotatable bonds is 6. The number of hydrogen-bond acceptors (Lipinski definition) is 5. The quantitative estimate of drug-likeness (QED) is 0.553. The maximum Gasteiger partial charge on any atom is 0.446 e. The van der Waals surface area contributed by atoms with E-state index < -0.39 is 23.2 Å². The molecule has 0 spiro atoms. The van der Waals surface area contributed by atoms with Crippen molar-refractivity contribution in [2.45, 2.75) is 35.5 Å². The Labute approximate surface area is 171 Å². The molecule has 0 saturated carbocycles. The van der Waals surface area contributed by atoms with Crippen molar-refractivity contribution in [3.05, 3.63) is 65.7 Å². The molecule has 2 aromatic carbocycles. The van der Waals surface area contributed by atoms with Gasteiger partial charge in [0, 0.05) is 31.3 Å². The molecule has 0 bridgehead atoms. The highest BCUT2D eigenvalue weighted by Gasteiger charge is 2.46. The summed E-state index contributed by atoms with van der Waals surface area (Å²) in [5.41, 5.74) is -4.57. The lowest BCUT2D eigenvalue weighted by Crippen LogP contribution is -2.54. The molecule has 0 aliphatic carbocycles. The fraction of sp³-hybridized carbons (Fsp3) is 0.381. The number of thioether (sulfide) groups is 1. The Kier molecular flexibility index (Phi) is 6.87. The maximum atomic E-state index is 13.1. The molecule has 8 heteroatoms. The first-order valence-corrected chi connectivity index (χ1v) is 10.0. The molecule has 4 nitrogen and oxygen atoms in total. The minimum atomic E-state index is -4.42. The van der Waals surface area contributed by atoms with E-state index in [2.05, 4.69) is 5.32 Å². The minimum Gasteiger partial charge on any atom is -0.451 e. The molecule has 29 heavy (non-hydrogen) atoms. The van der Waals surface area contributed by atoms with Gasteiger partial charge in [-0.15, -0.1) is 0 Å². The summed E-state index contributed by atoms with van der Waals surface area (Å²) in [4.78, 5) is 12.2.